The number of piperidine rings is 1. The Kier molecular flexibility index (Phi) is 7.49. The van der Waals surface area contributed by atoms with Crippen molar-refractivity contribution in [3.8, 4) is 11.5 Å². The number of rotatable bonds is 2. The van der Waals surface area contributed by atoms with Crippen molar-refractivity contribution in [1.29, 1.82) is 0 Å². The number of nitrogens with zero attached hydrogens (tertiary/aromatic N) is 3. The van der Waals surface area contributed by atoms with Crippen molar-refractivity contribution >= 4 is 11.8 Å². The van der Waals surface area contributed by atoms with Crippen molar-refractivity contribution in [3.63, 3.8) is 0 Å². The van der Waals surface area contributed by atoms with Gasteiger partial charge in [0.25, 0.3) is 5.91 Å². The molecule has 4 bridgehead atoms. The van der Waals surface area contributed by atoms with Gasteiger partial charge in [0.1, 0.15) is 17.3 Å². The Morgan fingerprint density at radius 1 is 1.11 bits per heavy atom. The van der Waals surface area contributed by atoms with Crippen LogP contribution in [0.1, 0.15) is 44.9 Å². The van der Waals surface area contributed by atoms with Crippen LogP contribution in [0.25, 0.3) is 0 Å². The normalized spacial score (nSPS) is 21.0. The molecule has 2 aliphatic heterocycles. The van der Waals surface area contributed by atoms with Crippen LogP contribution in [-0.4, -0.2) is 65.6 Å². The molecule has 0 radical (unpaired) electrons. The Morgan fingerprint density at radius 3 is 2.74 bits per heavy atom. The molecule has 0 spiro atoms. The van der Waals surface area contributed by atoms with Crippen molar-refractivity contribution in [2.75, 3.05) is 26.7 Å². The third kappa shape index (κ3) is 5.74. The lowest BCUT2D eigenvalue weighted by Crippen LogP contribution is -2.57. The summed E-state index contributed by atoms with van der Waals surface area (Å²) >= 11 is 0. The Balaban J connectivity index is 1.40. The average molecular weight is 519 g/mol. The third-order valence-corrected chi connectivity index (χ3v) is 7.30. The maximum absolute atomic E-state index is 13.2. The molecule has 2 amide bonds. The van der Waals surface area contributed by atoms with Gasteiger partial charge in [-0.05, 0) is 62.6 Å². The maximum atomic E-state index is 13.2. The number of likely N-dealkylation sites (tertiary alicyclic amines) is 1. The highest BCUT2D eigenvalue weighted by Crippen LogP contribution is 2.28. The van der Waals surface area contributed by atoms with E-state index in [9.17, 15) is 9.59 Å². The lowest BCUT2D eigenvalue weighted by Gasteiger charge is -2.39. The lowest BCUT2D eigenvalue weighted by atomic mass is 10.0. The number of ether oxygens (including phenoxy) is 2. The van der Waals surface area contributed by atoms with E-state index in [1.807, 2.05) is 51.1 Å². The van der Waals surface area contributed by atoms with Crippen LogP contribution in [0.2, 0.25) is 0 Å². The van der Waals surface area contributed by atoms with Gasteiger partial charge in [-0.15, -0.1) is 0 Å². The van der Waals surface area contributed by atoms with E-state index in [2.05, 4.69) is 15.4 Å². The van der Waals surface area contributed by atoms with Gasteiger partial charge in [0.15, 0.2) is 0 Å². The number of carbonyl (C=O) groups excluding carboxylic acids is 2. The first-order chi connectivity index (χ1) is 18.3. The topological polar surface area (TPSA) is 97.1 Å². The minimum atomic E-state index is -0.248. The zero-order valence-electron chi connectivity index (χ0n) is 22.3. The van der Waals surface area contributed by atoms with Gasteiger partial charge in [0.05, 0.1) is 31.0 Å². The second-order valence-electron chi connectivity index (χ2n) is 10.2. The number of hydrogen-bond acceptors (Lipinski definition) is 7. The molecule has 9 nitrogen and oxygen atoms in total. The van der Waals surface area contributed by atoms with Crippen LogP contribution in [0.15, 0.2) is 47.0 Å². The zero-order chi connectivity index (χ0) is 26.8. The van der Waals surface area contributed by atoms with Crippen LogP contribution in [-0.2, 0) is 22.7 Å². The first-order valence-corrected chi connectivity index (χ1v) is 12.9. The predicted octanol–water partition coefficient (Wildman–Crippen LogP) is 3.75. The van der Waals surface area contributed by atoms with E-state index in [0.29, 0.717) is 36.8 Å². The quantitative estimate of drug-likeness (QED) is 0.552. The minimum Gasteiger partial charge on any atom is -0.457 e. The monoisotopic (exact) mass is 518 g/mol. The molecule has 0 aliphatic carbocycles. The summed E-state index contributed by atoms with van der Waals surface area (Å²) < 4.78 is 17.9. The largest absolute Gasteiger partial charge is 0.457 e. The van der Waals surface area contributed by atoms with E-state index in [4.69, 9.17) is 14.0 Å². The van der Waals surface area contributed by atoms with Gasteiger partial charge in [-0.25, -0.2) is 0 Å². The molecule has 0 unspecified atom stereocenters. The molecule has 2 atom stereocenters. The first-order valence-electron chi connectivity index (χ1n) is 12.9. The van der Waals surface area contributed by atoms with E-state index < -0.39 is 0 Å². The molecule has 9 heteroatoms. The molecule has 38 heavy (non-hydrogen) atoms. The SMILES string of the molecule is Cc1ccc2cc1Oc1cccc(c1)CO[C@@H]1CCN(Cc3c(C)noc3C)C[C@@H]1NC(=O)CN(C)C2=O. The predicted molar refractivity (Wildman–Crippen MR) is 141 cm³/mol. The van der Waals surface area contributed by atoms with Gasteiger partial charge >= 0.3 is 0 Å². The van der Waals surface area contributed by atoms with Gasteiger partial charge in [0, 0.05) is 37.8 Å². The Bertz CT molecular complexity index is 1320. The minimum absolute atomic E-state index is 0.0605. The number of amides is 2. The molecule has 2 aliphatic rings. The second kappa shape index (κ2) is 11.0. The van der Waals surface area contributed by atoms with Gasteiger partial charge in [-0.2, -0.15) is 0 Å². The van der Waals surface area contributed by atoms with Gasteiger partial charge in [0.2, 0.25) is 5.91 Å². The summed E-state index contributed by atoms with van der Waals surface area (Å²) in [6.07, 6.45) is 0.580. The van der Waals surface area contributed by atoms with Crippen molar-refractivity contribution in [1.82, 2.24) is 20.3 Å². The van der Waals surface area contributed by atoms with E-state index in [0.717, 1.165) is 41.1 Å². The fourth-order valence-electron chi connectivity index (χ4n) is 5.06. The number of hydrogen-bond donors (Lipinski definition) is 1. The average Bonchev–Trinajstić information content (AvgIpc) is 3.21. The van der Waals surface area contributed by atoms with Crippen LogP contribution >= 0.6 is 0 Å². The lowest BCUT2D eigenvalue weighted by molar-refractivity contribution is -0.125. The number of nitrogens with one attached hydrogen (secondary N) is 1. The highest BCUT2D eigenvalue weighted by molar-refractivity contribution is 5.96. The van der Waals surface area contributed by atoms with E-state index in [1.165, 1.54) is 4.90 Å². The fourth-order valence-corrected chi connectivity index (χ4v) is 5.06. The summed E-state index contributed by atoms with van der Waals surface area (Å²) in [6, 6.07) is 12.9. The molecule has 2 aromatic carbocycles. The maximum Gasteiger partial charge on any atom is 0.254 e. The van der Waals surface area contributed by atoms with Gasteiger partial charge in [-0.1, -0.05) is 23.4 Å². The molecule has 5 rings (SSSR count). The van der Waals surface area contributed by atoms with E-state index in [1.54, 1.807) is 19.2 Å². The molecule has 3 aromatic rings. The molecule has 3 heterocycles. The summed E-state index contributed by atoms with van der Waals surface area (Å²) in [5, 5.41) is 7.22. The van der Waals surface area contributed by atoms with Crippen LogP contribution in [0.3, 0.4) is 0 Å². The standard InChI is InChI=1S/C29H34N4O5/c1-18-8-9-22-13-27(18)37-23-7-5-6-21(12-23)17-36-26-10-11-33(14-24-19(2)31-38-20(24)3)15-25(26)30-28(34)16-32(4)29(22)35/h5-9,12-13,25-26H,10-11,14-17H2,1-4H3,(H,30,34)/t25-,26+/m0/s1. The third-order valence-electron chi connectivity index (χ3n) is 7.30. The van der Waals surface area contributed by atoms with Crippen LogP contribution < -0.4 is 10.1 Å². The van der Waals surface area contributed by atoms with Crippen molar-refractivity contribution in [2.45, 2.75) is 52.5 Å². The molecule has 200 valence electrons. The van der Waals surface area contributed by atoms with E-state index >= 15 is 0 Å². The fraction of sp³-hybridized carbons (Fsp3) is 0.414. The highest BCUT2D eigenvalue weighted by Gasteiger charge is 2.32. The number of benzene rings is 2. The number of aromatic nitrogens is 1. The number of aryl methyl sites for hydroxylation is 3. The van der Waals surface area contributed by atoms with Gasteiger partial charge in [-0.3, -0.25) is 14.5 Å². The van der Waals surface area contributed by atoms with Crippen LogP contribution in [0.5, 0.6) is 11.5 Å². The Hall–Kier alpha value is -3.69. The highest BCUT2D eigenvalue weighted by atomic mass is 16.5. The Labute approximate surface area is 222 Å². The van der Waals surface area contributed by atoms with Crippen LogP contribution in [0.4, 0.5) is 0 Å². The van der Waals surface area contributed by atoms with Crippen molar-refractivity contribution in [3.05, 3.63) is 76.2 Å². The molecular weight excluding hydrogens is 484 g/mol. The Morgan fingerprint density at radius 2 is 1.95 bits per heavy atom. The summed E-state index contributed by atoms with van der Waals surface area (Å²) in [5.41, 5.74) is 4.31. The van der Waals surface area contributed by atoms with Gasteiger partial charge < -0.3 is 24.2 Å². The molecule has 1 saturated heterocycles. The summed E-state index contributed by atoms with van der Waals surface area (Å²) in [5.74, 6) is 1.62. The van der Waals surface area contributed by atoms with Crippen LogP contribution in [0, 0.1) is 20.8 Å². The zero-order valence-corrected chi connectivity index (χ0v) is 22.3. The molecule has 0 saturated carbocycles. The molecule has 1 aromatic heterocycles. The first kappa shape index (κ1) is 25.9. The molecular formula is C29H34N4O5. The van der Waals surface area contributed by atoms with Crippen molar-refractivity contribution < 1.29 is 23.6 Å². The smallest absolute Gasteiger partial charge is 0.254 e. The summed E-state index contributed by atoms with van der Waals surface area (Å²) in [6.45, 7) is 8.25. The van der Waals surface area contributed by atoms with E-state index in [-0.39, 0.29) is 30.5 Å². The number of carbonyl (C=O) groups is 2. The van der Waals surface area contributed by atoms with Crippen molar-refractivity contribution in [2.24, 2.45) is 0 Å². The second-order valence-corrected chi connectivity index (χ2v) is 10.2. The number of fused-ring (bicyclic) bond motifs is 5. The molecule has 1 fully saturated rings. The number of likely N-dealkylation sites (N-methyl/N-ethyl adjacent to an activating group) is 1. The molecule has 1 N–H and O–H groups in total. The summed E-state index contributed by atoms with van der Waals surface area (Å²) in [4.78, 5) is 30.0. The summed E-state index contributed by atoms with van der Waals surface area (Å²) in [7, 11) is 1.63.